The van der Waals surface area contributed by atoms with Crippen molar-refractivity contribution < 1.29 is 18.0 Å². The second-order valence-electron chi connectivity index (χ2n) is 7.32. The highest BCUT2D eigenvalue weighted by Gasteiger charge is 2.40. The molecule has 0 fully saturated rings. The molecule has 0 saturated carbocycles. The van der Waals surface area contributed by atoms with Crippen LogP contribution in [-0.2, 0) is 11.0 Å². The van der Waals surface area contributed by atoms with Crippen LogP contribution < -0.4 is 11.1 Å². The van der Waals surface area contributed by atoms with Gasteiger partial charge < -0.3 is 11.1 Å². The number of hydrogen-bond acceptors (Lipinski definition) is 6. The van der Waals surface area contributed by atoms with Gasteiger partial charge in [-0.1, -0.05) is 18.2 Å². The number of hydrogen-bond donors (Lipinski definition) is 2. The van der Waals surface area contributed by atoms with Crippen molar-refractivity contribution in [3.63, 3.8) is 0 Å². The van der Waals surface area contributed by atoms with Crippen molar-refractivity contribution in [2.45, 2.75) is 31.0 Å². The van der Waals surface area contributed by atoms with Crippen LogP contribution in [-0.4, -0.2) is 20.5 Å². The highest BCUT2D eigenvalue weighted by atomic mass is 32.1. The third-order valence-corrected chi connectivity index (χ3v) is 6.47. The molecule has 10 heteroatoms. The monoisotopic (exact) mass is 431 g/mol. The number of allylic oxidation sites excluding steroid dienone is 2. The fourth-order valence-electron chi connectivity index (χ4n) is 4.12. The Morgan fingerprint density at radius 1 is 1.17 bits per heavy atom. The summed E-state index contributed by atoms with van der Waals surface area (Å²) < 4.78 is 40.5. The van der Waals surface area contributed by atoms with E-state index >= 15 is 0 Å². The van der Waals surface area contributed by atoms with Gasteiger partial charge in [-0.3, -0.25) is 4.79 Å². The molecular weight excluding hydrogens is 415 g/mol. The van der Waals surface area contributed by atoms with E-state index in [4.69, 9.17) is 5.73 Å². The average molecular weight is 431 g/mol. The number of nitrogens with two attached hydrogens (primary N) is 1. The zero-order chi connectivity index (χ0) is 21.0. The lowest BCUT2D eigenvalue weighted by Crippen LogP contribution is -2.33. The predicted octanol–water partition coefficient (Wildman–Crippen LogP) is 4.36. The molecule has 0 bridgehead atoms. The molecule has 3 N–H and O–H groups in total. The number of alkyl halides is 3. The van der Waals surface area contributed by atoms with Gasteiger partial charge in [0.15, 0.2) is 5.78 Å². The number of nitrogens with zero attached hydrogens (tertiary/aromatic N) is 3. The van der Waals surface area contributed by atoms with E-state index in [1.54, 1.807) is 11.3 Å². The number of nitrogens with one attached hydrogen (secondary N) is 1. The van der Waals surface area contributed by atoms with Crippen molar-refractivity contribution in [3.8, 4) is 0 Å². The number of Topliss-reactive ketones (excluding diaryl/α,β-unsaturated/α-hetero) is 1. The molecule has 0 amide bonds. The highest BCUT2D eigenvalue weighted by molar-refractivity contribution is 7.10. The van der Waals surface area contributed by atoms with Crippen molar-refractivity contribution in [2.24, 2.45) is 0 Å². The maximum absolute atomic E-state index is 13.2. The summed E-state index contributed by atoms with van der Waals surface area (Å²) in [6.07, 6.45) is -3.50. The van der Waals surface area contributed by atoms with E-state index in [9.17, 15) is 18.0 Å². The molecule has 0 spiro atoms. The van der Waals surface area contributed by atoms with E-state index in [0.717, 1.165) is 22.7 Å². The van der Waals surface area contributed by atoms with Crippen LogP contribution in [0.15, 0.2) is 53.0 Å². The summed E-state index contributed by atoms with van der Waals surface area (Å²) in [6, 6.07) is 8.06. The van der Waals surface area contributed by atoms with Crippen molar-refractivity contribution >= 4 is 29.0 Å². The van der Waals surface area contributed by atoms with E-state index in [1.165, 1.54) is 16.8 Å². The van der Waals surface area contributed by atoms with Gasteiger partial charge in [0.25, 0.3) is 0 Å². The second kappa shape index (κ2) is 6.69. The van der Waals surface area contributed by atoms with Crippen molar-refractivity contribution in [1.82, 2.24) is 14.8 Å². The molecule has 2 aromatic heterocycles. The lowest BCUT2D eigenvalue weighted by Gasteiger charge is -2.34. The molecule has 2 aliphatic rings. The highest BCUT2D eigenvalue weighted by Crippen LogP contribution is 2.45. The van der Waals surface area contributed by atoms with E-state index in [2.05, 4.69) is 15.4 Å². The number of thiophene rings is 1. The van der Waals surface area contributed by atoms with Crippen LogP contribution in [0, 0.1) is 0 Å². The van der Waals surface area contributed by atoms with Crippen LogP contribution in [0.25, 0.3) is 0 Å². The summed E-state index contributed by atoms with van der Waals surface area (Å²) in [5.41, 5.74) is 6.76. The summed E-state index contributed by atoms with van der Waals surface area (Å²) >= 11 is 1.60. The smallest absolute Gasteiger partial charge is 0.366 e. The van der Waals surface area contributed by atoms with Crippen molar-refractivity contribution in [3.05, 3.63) is 69.1 Å². The molecule has 0 radical (unpaired) electrons. The van der Waals surface area contributed by atoms with Gasteiger partial charge in [-0.15, -0.1) is 16.4 Å². The third kappa shape index (κ3) is 3.07. The minimum Gasteiger partial charge on any atom is -0.366 e. The topological polar surface area (TPSA) is 85.8 Å². The van der Waals surface area contributed by atoms with E-state index in [0.29, 0.717) is 29.9 Å². The quantitative estimate of drug-likeness (QED) is 0.630. The summed E-state index contributed by atoms with van der Waals surface area (Å²) in [6.45, 7) is 0. The summed E-state index contributed by atoms with van der Waals surface area (Å²) in [7, 11) is 0. The molecule has 3 heterocycles. The first kappa shape index (κ1) is 18.9. The molecule has 3 aromatic rings. The van der Waals surface area contributed by atoms with E-state index in [-0.39, 0.29) is 17.6 Å². The van der Waals surface area contributed by atoms with Crippen LogP contribution in [0.4, 0.5) is 25.1 Å². The Kier molecular flexibility index (Phi) is 4.21. The number of carbonyl (C=O) groups is 1. The van der Waals surface area contributed by atoms with Crippen LogP contribution >= 0.6 is 11.3 Å². The van der Waals surface area contributed by atoms with E-state index < -0.39 is 17.8 Å². The number of benzene rings is 1. The number of rotatable bonds is 2. The van der Waals surface area contributed by atoms with Crippen molar-refractivity contribution in [1.29, 1.82) is 0 Å². The van der Waals surface area contributed by atoms with E-state index in [1.807, 2.05) is 17.5 Å². The Hall–Kier alpha value is -3.14. The fourth-order valence-corrected chi connectivity index (χ4v) is 4.95. The molecule has 2 atom stereocenters. The Balaban J connectivity index is 1.60. The summed E-state index contributed by atoms with van der Waals surface area (Å²) in [5, 5.41) is 9.33. The second-order valence-corrected chi connectivity index (χ2v) is 8.30. The lowest BCUT2D eigenvalue weighted by atomic mass is 9.80. The molecule has 0 saturated heterocycles. The molecule has 154 valence electrons. The molecule has 30 heavy (non-hydrogen) atoms. The van der Waals surface area contributed by atoms with Gasteiger partial charge in [0.2, 0.25) is 11.9 Å². The minimum atomic E-state index is -4.44. The average Bonchev–Trinajstić information content (AvgIpc) is 3.34. The molecule has 1 aromatic carbocycles. The molecular formula is C20H16F3N5OS. The van der Waals surface area contributed by atoms with Gasteiger partial charge in [-0.2, -0.15) is 18.2 Å². The molecule has 6 nitrogen and oxygen atoms in total. The van der Waals surface area contributed by atoms with Crippen LogP contribution in [0.1, 0.15) is 40.8 Å². The lowest BCUT2D eigenvalue weighted by molar-refractivity contribution is -0.137. The van der Waals surface area contributed by atoms with Gasteiger partial charge in [-0.25, -0.2) is 4.68 Å². The number of anilines is 2. The first-order chi connectivity index (χ1) is 14.3. The number of fused-ring (bicyclic) bond motifs is 1. The van der Waals surface area contributed by atoms with Gasteiger partial charge >= 0.3 is 6.18 Å². The number of carbonyl (C=O) groups excluding carboxylic acids is 1. The van der Waals surface area contributed by atoms with Crippen molar-refractivity contribution in [2.75, 3.05) is 11.1 Å². The van der Waals surface area contributed by atoms with Crippen LogP contribution in [0.3, 0.4) is 0 Å². The van der Waals surface area contributed by atoms with Crippen LogP contribution in [0.2, 0.25) is 0 Å². The maximum atomic E-state index is 13.2. The Morgan fingerprint density at radius 2 is 1.93 bits per heavy atom. The first-order valence-electron chi connectivity index (χ1n) is 9.27. The molecule has 5 rings (SSSR count). The zero-order valence-corrected chi connectivity index (χ0v) is 16.3. The number of halogens is 3. The van der Waals surface area contributed by atoms with Crippen LogP contribution in [0.5, 0.6) is 0 Å². The number of ketones is 1. The summed E-state index contributed by atoms with van der Waals surface area (Å²) in [5.74, 6) is 0.378. The minimum absolute atomic E-state index is 0.0246. The molecule has 0 unspecified atom stereocenters. The van der Waals surface area contributed by atoms with Gasteiger partial charge in [0, 0.05) is 28.5 Å². The largest absolute Gasteiger partial charge is 0.416 e. The molecule has 1 aliphatic carbocycles. The SMILES string of the molecule is Nc1nc2n(n1)[C@@H](c1ccc(C(F)(F)F)cc1)C1=C(C[C@H](c3cccs3)CC1=O)N2. The Bertz CT molecular complexity index is 1150. The fraction of sp³-hybridized carbons (Fsp3) is 0.250. The molecule has 1 aliphatic heterocycles. The first-order valence-corrected chi connectivity index (χ1v) is 10.1. The van der Waals surface area contributed by atoms with Gasteiger partial charge in [0.05, 0.1) is 5.56 Å². The third-order valence-electron chi connectivity index (χ3n) is 5.44. The predicted molar refractivity (Wildman–Crippen MR) is 106 cm³/mol. The zero-order valence-electron chi connectivity index (χ0n) is 15.5. The normalized spacial score (nSPS) is 21.2. The van der Waals surface area contributed by atoms with Gasteiger partial charge in [0.1, 0.15) is 6.04 Å². The van der Waals surface area contributed by atoms with Gasteiger partial charge in [-0.05, 0) is 35.6 Å². The maximum Gasteiger partial charge on any atom is 0.416 e. The Morgan fingerprint density at radius 3 is 2.60 bits per heavy atom. The number of aromatic nitrogens is 3. The Labute approximate surface area is 173 Å². The standard InChI is InChI=1S/C20H16F3N5OS/c21-20(22,23)12-5-3-10(4-6-12)17-16-13(25-19-26-18(24)27-28(17)19)8-11(9-14(16)29)15-2-1-7-30-15/h1-7,11,17H,8-9H2,(H3,24,25,26,27)/t11-,17-/m0/s1. The summed E-state index contributed by atoms with van der Waals surface area (Å²) in [4.78, 5) is 18.5. The number of nitrogen functional groups attached to an aromatic ring is 1.